The van der Waals surface area contributed by atoms with Crippen molar-refractivity contribution in [3.63, 3.8) is 0 Å². The summed E-state index contributed by atoms with van der Waals surface area (Å²) >= 11 is 0. The van der Waals surface area contributed by atoms with Crippen LogP contribution < -0.4 is 5.73 Å². The van der Waals surface area contributed by atoms with Crippen molar-refractivity contribution in [2.24, 2.45) is 46.7 Å². The van der Waals surface area contributed by atoms with Gasteiger partial charge in [-0.25, -0.2) is 0 Å². The number of esters is 1. The highest BCUT2D eigenvalue weighted by molar-refractivity contribution is 5.72. The number of ether oxygens (including phenoxy) is 1. The molecular weight excluding hydrogens is 226 g/mol. The second-order valence-electron chi connectivity index (χ2n) is 7.72. The molecule has 1 aliphatic heterocycles. The van der Waals surface area contributed by atoms with Crippen LogP contribution in [0, 0.1) is 40.9 Å². The number of carbonyl (C=O) groups excluding carboxylic acids is 1. The molecule has 5 fully saturated rings. The molecular formula is C15H21NO2. The minimum absolute atomic E-state index is 0.0546. The summed E-state index contributed by atoms with van der Waals surface area (Å²) in [6.45, 7) is 0.722. The number of hydrogen-bond acceptors (Lipinski definition) is 3. The lowest BCUT2D eigenvalue weighted by Crippen LogP contribution is -2.45. The van der Waals surface area contributed by atoms with Gasteiger partial charge in [-0.05, 0) is 61.2 Å². The SMILES string of the molecule is NC1CC2CC1C1C3CC(C21)C1(COC(=O)C1)C3. The summed E-state index contributed by atoms with van der Waals surface area (Å²) in [5.41, 5.74) is 6.54. The summed E-state index contributed by atoms with van der Waals surface area (Å²) in [6.07, 6.45) is 5.96. The van der Waals surface area contributed by atoms with Crippen LogP contribution >= 0.6 is 0 Å². The lowest BCUT2D eigenvalue weighted by Gasteiger charge is -2.44. The van der Waals surface area contributed by atoms with E-state index in [9.17, 15) is 4.79 Å². The molecule has 4 saturated carbocycles. The minimum atomic E-state index is 0.0546. The van der Waals surface area contributed by atoms with Crippen molar-refractivity contribution in [1.29, 1.82) is 0 Å². The fraction of sp³-hybridized carbons (Fsp3) is 0.933. The van der Waals surface area contributed by atoms with Gasteiger partial charge in [0.25, 0.3) is 0 Å². The standard InChI is InChI=1S/C15H21NO2/c16-11-3-7-1-9(11)13-8-2-10(14(7)13)15(4-8)5-12(17)18-6-15/h7-11,13-14H,1-6,16H2. The van der Waals surface area contributed by atoms with Crippen LogP contribution in [0.1, 0.15) is 32.1 Å². The zero-order valence-electron chi connectivity index (χ0n) is 10.7. The van der Waals surface area contributed by atoms with Gasteiger partial charge in [0.15, 0.2) is 0 Å². The zero-order valence-corrected chi connectivity index (χ0v) is 10.7. The summed E-state index contributed by atoms with van der Waals surface area (Å²) in [5.74, 6) is 5.17. The first-order chi connectivity index (χ1) is 8.68. The Morgan fingerprint density at radius 1 is 1.17 bits per heavy atom. The maximum Gasteiger partial charge on any atom is 0.306 e. The van der Waals surface area contributed by atoms with Crippen molar-refractivity contribution in [2.45, 2.75) is 38.1 Å². The van der Waals surface area contributed by atoms with Gasteiger partial charge in [-0.2, -0.15) is 0 Å². The molecule has 1 heterocycles. The van der Waals surface area contributed by atoms with E-state index in [1.54, 1.807) is 0 Å². The van der Waals surface area contributed by atoms with Gasteiger partial charge < -0.3 is 10.5 Å². The molecule has 98 valence electrons. The molecule has 0 aromatic heterocycles. The number of rotatable bonds is 0. The van der Waals surface area contributed by atoms with Crippen LogP contribution in [-0.4, -0.2) is 18.6 Å². The number of hydrogen-bond donors (Lipinski definition) is 1. The molecule has 0 amide bonds. The van der Waals surface area contributed by atoms with Crippen molar-refractivity contribution in [3.8, 4) is 0 Å². The molecule has 8 atom stereocenters. The van der Waals surface area contributed by atoms with Crippen LogP contribution in [0.15, 0.2) is 0 Å². The predicted octanol–water partition coefficient (Wildman–Crippen LogP) is 1.56. The zero-order chi connectivity index (χ0) is 12.1. The maximum absolute atomic E-state index is 11.5. The van der Waals surface area contributed by atoms with Crippen molar-refractivity contribution in [3.05, 3.63) is 0 Å². The molecule has 3 nitrogen and oxygen atoms in total. The smallest absolute Gasteiger partial charge is 0.306 e. The molecule has 4 bridgehead atoms. The van der Waals surface area contributed by atoms with Gasteiger partial charge >= 0.3 is 5.97 Å². The molecule has 18 heavy (non-hydrogen) atoms. The lowest BCUT2D eigenvalue weighted by atomic mass is 9.60. The highest BCUT2D eigenvalue weighted by Crippen LogP contribution is 2.72. The predicted molar refractivity (Wildman–Crippen MR) is 65.4 cm³/mol. The highest BCUT2D eigenvalue weighted by atomic mass is 16.5. The van der Waals surface area contributed by atoms with E-state index in [0.29, 0.717) is 12.5 Å². The van der Waals surface area contributed by atoms with Crippen molar-refractivity contribution >= 4 is 5.97 Å². The first kappa shape index (κ1) is 10.2. The molecule has 8 unspecified atom stereocenters. The fourth-order valence-electron chi connectivity index (χ4n) is 6.94. The molecule has 5 rings (SSSR count). The Balaban J connectivity index is 1.52. The van der Waals surface area contributed by atoms with Crippen molar-refractivity contribution in [1.82, 2.24) is 0 Å². The third-order valence-electron chi connectivity index (χ3n) is 7.22. The molecule has 0 radical (unpaired) electrons. The molecule has 0 aromatic rings. The second-order valence-corrected chi connectivity index (χ2v) is 7.72. The Hall–Kier alpha value is -0.570. The summed E-state index contributed by atoms with van der Waals surface area (Å²) in [5, 5.41) is 0. The van der Waals surface area contributed by atoms with E-state index in [0.717, 1.165) is 42.1 Å². The van der Waals surface area contributed by atoms with Gasteiger partial charge in [0.2, 0.25) is 0 Å². The van der Waals surface area contributed by atoms with E-state index in [2.05, 4.69) is 0 Å². The Morgan fingerprint density at radius 3 is 2.83 bits per heavy atom. The Bertz CT molecular complexity index is 436. The largest absolute Gasteiger partial charge is 0.465 e. The van der Waals surface area contributed by atoms with Crippen LogP contribution in [0.5, 0.6) is 0 Å². The summed E-state index contributed by atoms with van der Waals surface area (Å²) in [7, 11) is 0. The number of fused-ring (bicyclic) bond motifs is 10. The normalized spacial score (nSPS) is 63.8. The van der Waals surface area contributed by atoms with E-state index >= 15 is 0 Å². The summed E-state index contributed by atoms with van der Waals surface area (Å²) in [4.78, 5) is 11.5. The molecule has 3 heteroatoms. The fourth-order valence-corrected chi connectivity index (χ4v) is 6.94. The van der Waals surface area contributed by atoms with Crippen LogP contribution in [0.2, 0.25) is 0 Å². The minimum Gasteiger partial charge on any atom is -0.465 e. The maximum atomic E-state index is 11.5. The van der Waals surface area contributed by atoms with E-state index in [1.807, 2.05) is 0 Å². The topological polar surface area (TPSA) is 52.3 Å². The van der Waals surface area contributed by atoms with Crippen LogP contribution in [0.4, 0.5) is 0 Å². The molecule has 0 aromatic carbocycles. The van der Waals surface area contributed by atoms with Crippen LogP contribution in [-0.2, 0) is 9.53 Å². The average Bonchev–Trinajstić information content (AvgIpc) is 3.04. The van der Waals surface area contributed by atoms with Crippen LogP contribution in [0.3, 0.4) is 0 Å². The first-order valence-corrected chi connectivity index (χ1v) is 7.59. The molecule has 2 N–H and O–H groups in total. The van der Waals surface area contributed by atoms with Crippen LogP contribution in [0.25, 0.3) is 0 Å². The van der Waals surface area contributed by atoms with Gasteiger partial charge in [0.05, 0.1) is 13.0 Å². The third kappa shape index (κ3) is 0.974. The first-order valence-electron chi connectivity index (χ1n) is 7.59. The van der Waals surface area contributed by atoms with Crippen molar-refractivity contribution in [2.75, 3.05) is 6.61 Å². The number of carbonyl (C=O) groups is 1. The van der Waals surface area contributed by atoms with Crippen molar-refractivity contribution < 1.29 is 9.53 Å². The highest BCUT2D eigenvalue weighted by Gasteiger charge is 2.69. The molecule has 5 aliphatic rings. The van der Waals surface area contributed by atoms with E-state index < -0.39 is 0 Å². The Kier molecular flexibility index (Phi) is 1.68. The van der Waals surface area contributed by atoms with E-state index in [4.69, 9.17) is 10.5 Å². The number of nitrogens with two attached hydrogens (primary N) is 1. The van der Waals surface area contributed by atoms with E-state index in [-0.39, 0.29) is 11.4 Å². The average molecular weight is 247 g/mol. The summed E-state index contributed by atoms with van der Waals surface area (Å²) < 4.78 is 5.33. The van der Waals surface area contributed by atoms with E-state index in [1.165, 1.54) is 25.7 Å². The Labute approximate surface area is 107 Å². The monoisotopic (exact) mass is 247 g/mol. The van der Waals surface area contributed by atoms with Gasteiger partial charge in [0, 0.05) is 11.5 Å². The molecule has 1 spiro atoms. The van der Waals surface area contributed by atoms with Gasteiger partial charge in [-0.1, -0.05) is 0 Å². The summed E-state index contributed by atoms with van der Waals surface area (Å²) in [6, 6.07) is 0.480. The van der Waals surface area contributed by atoms with Gasteiger partial charge in [-0.3, -0.25) is 4.79 Å². The lowest BCUT2D eigenvalue weighted by molar-refractivity contribution is -0.137. The quantitative estimate of drug-likeness (QED) is 0.522. The van der Waals surface area contributed by atoms with Gasteiger partial charge in [0.1, 0.15) is 0 Å². The Morgan fingerprint density at radius 2 is 2.06 bits per heavy atom. The molecule has 1 saturated heterocycles. The molecule has 4 aliphatic carbocycles. The number of cyclic esters (lactones) is 1. The third-order valence-corrected chi connectivity index (χ3v) is 7.22. The van der Waals surface area contributed by atoms with Gasteiger partial charge in [-0.15, -0.1) is 0 Å². The second kappa shape index (κ2) is 2.95.